The standard InChI is InChI=1S/C14H28N2O2.ClH/c1-3-4-10-18-12(2)14(17)16-9-7-13-6-5-8-15-11-13;/h12-13,15H,3-11H2,1-2H3,(H,16,17);1H. The van der Waals surface area contributed by atoms with Gasteiger partial charge in [-0.2, -0.15) is 0 Å². The molecule has 4 nitrogen and oxygen atoms in total. The van der Waals surface area contributed by atoms with Crippen LogP contribution in [-0.2, 0) is 9.53 Å². The SMILES string of the molecule is CCCCOC(C)C(=O)NCCC1CCCNC1.Cl. The molecule has 19 heavy (non-hydrogen) atoms. The Morgan fingerprint density at radius 3 is 2.95 bits per heavy atom. The number of ether oxygens (including phenoxy) is 1. The molecular formula is C14H29ClN2O2. The summed E-state index contributed by atoms with van der Waals surface area (Å²) in [4.78, 5) is 11.7. The second-order valence-corrected chi connectivity index (χ2v) is 5.16. The number of halogens is 1. The van der Waals surface area contributed by atoms with Gasteiger partial charge in [0, 0.05) is 13.2 Å². The highest BCUT2D eigenvalue weighted by Gasteiger charge is 2.15. The first-order valence-corrected chi connectivity index (χ1v) is 7.34. The van der Waals surface area contributed by atoms with Gasteiger partial charge in [-0.15, -0.1) is 12.4 Å². The number of amides is 1. The second-order valence-electron chi connectivity index (χ2n) is 5.16. The van der Waals surface area contributed by atoms with E-state index in [2.05, 4.69) is 17.6 Å². The third-order valence-electron chi connectivity index (χ3n) is 3.49. The Bertz CT molecular complexity index is 233. The largest absolute Gasteiger partial charge is 0.369 e. The van der Waals surface area contributed by atoms with Crippen molar-refractivity contribution in [1.82, 2.24) is 10.6 Å². The van der Waals surface area contributed by atoms with Crippen LogP contribution in [0.15, 0.2) is 0 Å². The fourth-order valence-electron chi connectivity index (χ4n) is 2.19. The summed E-state index contributed by atoms with van der Waals surface area (Å²) in [5, 5.41) is 6.36. The minimum atomic E-state index is -0.318. The highest BCUT2D eigenvalue weighted by atomic mass is 35.5. The van der Waals surface area contributed by atoms with Gasteiger partial charge in [0.15, 0.2) is 0 Å². The molecule has 2 N–H and O–H groups in total. The average molecular weight is 293 g/mol. The third-order valence-corrected chi connectivity index (χ3v) is 3.49. The van der Waals surface area contributed by atoms with Gasteiger partial charge in [0.2, 0.25) is 5.91 Å². The van der Waals surface area contributed by atoms with E-state index < -0.39 is 0 Å². The summed E-state index contributed by atoms with van der Waals surface area (Å²) in [7, 11) is 0. The average Bonchev–Trinajstić information content (AvgIpc) is 2.40. The van der Waals surface area contributed by atoms with Crippen LogP contribution >= 0.6 is 12.4 Å². The summed E-state index contributed by atoms with van der Waals surface area (Å²) in [5.74, 6) is 0.741. The molecule has 1 aliphatic heterocycles. The van der Waals surface area contributed by atoms with Crippen LogP contribution in [0.1, 0.15) is 46.0 Å². The van der Waals surface area contributed by atoms with Gasteiger partial charge in [-0.1, -0.05) is 13.3 Å². The molecule has 1 amide bonds. The minimum absolute atomic E-state index is 0. The van der Waals surface area contributed by atoms with Crippen LogP contribution in [0.3, 0.4) is 0 Å². The van der Waals surface area contributed by atoms with E-state index in [1.165, 1.54) is 12.8 Å². The monoisotopic (exact) mass is 292 g/mol. The van der Waals surface area contributed by atoms with Crippen molar-refractivity contribution in [2.75, 3.05) is 26.2 Å². The Balaban J connectivity index is 0.00000324. The quantitative estimate of drug-likeness (QED) is 0.674. The number of carbonyl (C=O) groups is 1. The Kier molecular flexibility index (Phi) is 11.3. The number of carbonyl (C=O) groups excluding carboxylic acids is 1. The molecule has 1 fully saturated rings. The van der Waals surface area contributed by atoms with Crippen molar-refractivity contribution in [2.45, 2.75) is 52.1 Å². The molecule has 2 atom stereocenters. The molecule has 0 radical (unpaired) electrons. The number of hydrogen-bond acceptors (Lipinski definition) is 3. The molecule has 1 heterocycles. The Labute approximate surface area is 123 Å². The lowest BCUT2D eigenvalue weighted by atomic mass is 9.96. The van der Waals surface area contributed by atoms with Crippen molar-refractivity contribution in [3.63, 3.8) is 0 Å². The van der Waals surface area contributed by atoms with E-state index in [4.69, 9.17) is 4.74 Å². The van der Waals surface area contributed by atoms with E-state index in [0.717, 1.165) is 44.8 Å². The topological polar surface area (TPSA) is 50.4 Å². The molecule has 114 valence electrons. The van der Waals surface area contributed by atoms with Crippen LogP contribution in [0.2, 0.25) is 0 Å². The zero-order valence-electron chi connectivity index (χ0n) is 12.2. The van der Waals surface area contributed by atoms with Crippen molar-refractivity contribution in [3.05, 3.63) is 0 Å². The smallest absolute Gasteiger partial charge is 0.248 e. The van der Waals surface area contributed by atoms with Crippen molar-refractivity contribution in [2.24, 2.45) is 5.92 Å². The van der Waals surface area contributed by atoms with Gasteiger partial charge >= 0.3 is 0 Å². The van der Waals surface area contributed by atoms with Crippen molar-refractivity contribution < 1.29 is 9.53 Å². The Morgan fingerprint density at radius 1 is 1.53 bits per heavy atom. The van der Waals surface area contributed by atoms with Gasteiger partial charge in [0.25, 0.3) is 0 Å². The van der Waals surface area contributed by atoms with Crippen molar-refractivity contribution >= 4 is 18.3 Å². The zero-order valence-corrected chi connectivity index (χ0v) is 13.1. The van der Waals surface area contributed by atoms with E-state index >= 15 is 0 Å². The van der Waals surface area contributed by atoms with Crippen LogP contribution in [0, 0.1) is 5.92 Å². The van der Waals surface area contributed by atoms with E-state index in [1.54, 1.807) is 0 Å². The molecule has 5 heteroatoms. The zero-order chi connectivity index (χ0) is 13.2. The van der Waals surface area contributed by atoms with E-state index in [9.17, 15) is 4.79 Å². The lowest BCUT2D eigenvalue weighted by molar-refractivity contribution is -0.131. The normalized spacial score (nSPS) is 20.4. The summed E-state index contributed by atoms with van der Waals surface area (Å²) < 4.78 is 5.46. The fraction of sp³-hybridized carbons (Fsp3) is 0.929. The highest BCUT2D eigenvalue weighted by Crippen LogP contribution is 2.12. The molecule has 0 aromatic rings. The Morgan fingerprint density at radius 2 is 2.32 bits per heavy atom. The van der Waals surface area contributed by atoms with E-state index in [-0.39, 0.29) is 24.4 Å². The summed E-state index contributed by atoms with van der Waals surface area (Å²) in [6.45, 7) is 7.63. The van der Waals surface area contributed by atoms with Gasteiger partial charge in [-0.05, 0) is 51.6 Å². The van der Waals surface area contributed by atoms with Crippen LogP contribution < -0.4 is 10.6 Å². The maximum absolute atomic E-state index is 11.7. The molecule has 0 aliphatic carbocycles. The third kappa shape index (κ3) is 8.45. The maximum Gasteiger partial charge on any atom is 0.248 e. The molecule has 0 aromatic carbocycles. The fourth-order valence-corrected chi connectivity index (χ4v) is 2.19. The molecule has 1 aliphatic rings. The molecule has 1 saturated heterocycles. The summed E-state index contributed by atoms with van der Waals surface area (Å²) in [6.07, 6.45) is 5.41. The predicted molar refractivity (Wildman–Crippen MR) is 80.8 cm³/mol. The lowest BCUT2D eigenvalue weighted by Crippen LogP contribution is -2.37. The summed E-state index contributed by atoms with van der Waals surface area (Å²) in [6, 6.07) is 0. The molecular weight excluding hydrogens is 264 g/mol. The molecule has 0 spiro atoms. The van der Waals surface area contributed by atoms with Crippen LogP contribution in [-0.4, -0.2) is 38.3 Å². The lowest BCUT2D eigenvalue weighted by Gasteiger charge is -2.23. The highest BCUT2D eigenvalue weighted by molar-refractivity contribution is 5.85. The van der Waals surface area contributed by atoms with Gasteiger partial charge in [-0.3, -0.25) is 4.79 Å². The first-order chi connectivity index (χ1) is 8.74. The predicted octanol–water partition coefficient (Wildman–Crippen LogP) is 2.12. The van der Waals surface area contributed by atoms with Gasteiger partial charge in [0.05, 0.1) is 0 Å². The first-order valence-electron chi connectivity index (χ1n) is 7.34. The van der Waals surface area contributed by atoms with Crippen molar-refractivity contribution in [3.8, 4) is 0 Å². The number of nitrogens with one attached hydrogen (secondary N) is 2. The summed E-state index contributed by atoms with van der Waals surface area (Å²) >= 11 is 0. The second kappa shape index (κ2) is 11.5. The molecule has 0 aromatic heterocycles. The molecule has 0 saturated carbocycles. The van der Waals surface area contributed by atoms with Gasteiger partial charge in [-0.25, -0.2) is 0 Å². The van der Waals surface area contributed by atoms with Gasteiger partial charge in [0.1, 0.15) is 6.10 Å². The molecule has 0 bridgehead atoms. The number of rotatable bonds is 8. The van der Waals surface area contributed by atoms with E-state index in [1.807, 2.05) is 6.92 Å². The Hall–Kier alpha value is -0.320. The number of unbranched alkanes of at least 4 members (excludes halogenated alkanes) is 1. The first kappa shape index (κ1) is 18.7. The minimum Gasteiger partial charge on any atom is -0.369 e. The van der Waals surface area contributed by atoms with Crippen LogP contribution in [0.5, 0.6) is 0 Å². The van der Waals surface area contributed by atoms with Crippen molar-refractivity contribution in [1.29, 1.82) is 0 Å². The molecule has 2 unspecified atom stereocenters. The van der Waals surface area contributed by atoms with Gasteiger partial charge < -0.3 is 15.4 Å². The maximum atomic E-state index is 11.7. The van der Waals surface area contributed by atoms with Crippen LogP contribution in [0.4, 0.5) is 0 Å². The van der Waals surface area contributed by atoms with Crippen LogP contribution in [0.25, 0.3) is 0 Å². The summed E-state index contributed by atoms with van der Waals surface area (Å²) in [5.41, 5.74) is 0. The number of piperidine rings is 1. The van der Waals surface area contributed by atoms with E-state index in [0.29, 0.717) is 6.61 Å². The molecule has 1 rings (SSSR count). The number of hydrogen-bond donors (Lipinski definition) is 2.